The fraction of sp³-hybridized carbons (Fsp3) is 0.0833. The Kier molecular flexibility index (Phi) is 2.83. The van der Waals surface area contributed by atoms with Crippen LogP contribution in [0.15, 0.2) is 39.9 Å². The molecule has 2 aromatic heterocycles. The number of imidazole rings is 1. The van der Waals surface area contributed by atoms with Crippen molar-refractivity contribution in [1.82, 2.24) is 19.5 Å². The van der Waals surface area contributed by atoms with Gasteiger partial charge in [0.25, 0.3) is 0 Å². The van der Waals surface area contributed by atoms with Crippen molar-refractivity contribution in [3.63, 3.8) is 0 Å². The number of nitrogens with zero attached hydrogens (tertiary/aromatic N) is 3. The van der Waals surface area contributed by atoms with Gasteiger partial charge in [0.15, 0.2) is 15.9 Å². The molecule has 0 saturated heterocycles. The van der Waals surface area contributed by atoms with E-state index in [1.807, 2.05) is 30.3 Å². The number of anilines is 1. The third-order valence-corrected chi connectivity index (χ3v) is 3.18. The number of aromatic amines is 1. The molecule has 0 atom stereocenters. The van der Waals surface area contributed by atoms with Gasteiger partial charge < -0.3 is 10.7 Å². The summed E-state index contributed by atoms with van der Waals surface area (Å²) in [5, 5.41) is 0. The van der Waals surface area contributed by atoms with Crippen LogP contribution in [0.5, 0.6) is 0 Å². The van der Waals surface area contributed by atoms with Crippen LogP contribution in [0.4, 0.5) is 5.95 Å². The van der Waals surface area contributed by atoms with Gasteiger partial charge >= 0.3 is 5.56 Å². The molecule has 0 fully saturated rings. The van der Waals surface area contributed by atoms with Crippen LogP contribution in [0.2, 0.25) is 0 Å². The number of fused-ring (bicyclic) bond motifs is 1. The van der Waals surface area contributed by atoms with Gasteiger partial charge in [0.1, 0.15) is 0 Å². The van der Waals surface area contributed by atoms with E-state index in [2.05, 4.69) is 30.9 Å². The van der Waals surface area contributed by atoms with Crippen molar-refractivity contribution in [3.05, 3.63) is 51.0 Å². The Morgan fingerprint density at radius 3 is 2.74 bits per heavy atom. The third-order valence-electron chi connectivity index (χ3n) is 2.80. The fourth-order valence-corrected chi connectivity index (χ4v) is 2.30. The summed E-state index contributed by atoms with van der Waals surface area (Å²) in [6.07, 6.45) is 0. The summed E-state index contributed by atoms with van der Waals surface area (Å²) >= 11 is 3.22. The lowest BCUT2D eigenvalue weighted by Crippen LogP contribution is -2.18. The number of halogens is 1. The Balaban J connectivity index is 2.20. The van der Waals surface area contributed by atoms with Crippen LogP contribution in [0.1, 0.15) is 5.56 Å². The highest BCUT2D eigenvalue weighted by Crippen LogP contribution is 2.15. The summed E-state index contributed by atoms with van der Waals surface area (Å²) in [6.45, 7) is 0.508. The van der Waals surface area contributed by atoms with Gasteiger partial charge in [-0.05, 0) is 21.5 Å². The SMILES string of the molecule is Nc1nc(=O)c2[nH]c(Br)nc2n1Cc1ccccc1. The van der Waals surface area contributed by atoms with E-state index < -0.39 is 5.56 Å². The van der Waals surface area contributed by atoms with Gasteiger partial charge in [0.2, 0.25) is 5.95 Å². The number of hydrogen-bond donors (Lipinski definition) is 2. The van der Waals surface area contributed by atoms with E-state index >= 15 is 0 Å². The molecule has 3 aromatic rings. The average Bonchev–Trinajstić information content (AvgIpc) is 2.78. The standard InChI is InChI=1S/C12H10BrN5O/c13-11-15-8-9(16-11)18(12(14)17-10(8)19)6-7-4-2-1-3-5-7/h1-5H,6H2,(H,15,16)(H2,14,17,19). The van der Waals surface area contributed by atoms with Crippen LogP contribution in [0.25, 0.3) is 11.2 Å². The summed E-state index contributed by atoms with van der Waals surface area (Å²) in [6, 6.07) is 9.78. The maximum Gasteiger partial charge on any atom is 0.300 e. The minimum Gasteiger partial charge on any atom is -0.369 e. The molecule has 19 heavy (non-hydrogen) atoms. The molecule has 3 rings (SSSR count). The second-order valence-corrected chi connectivity index (χ2v) is 4.82. The number of nitrogen functional groups attached to an aromatic ring is 1. The first-order valence-electron chi connectivity index (χ1n) is 5.60. The van der Waals surface area contributed by atoms with Crippen molar-refractivity contribution in [2.75, 3.05) is 5.73 Å². The van der Waals surface area contributed by atoms with Crippen molar-refractivity contribution in [1.29, 1.82) is 0 Å². The maximum absolute atomic E-state index is 11.7. The lowest BCUT2D eigenvalue weighted by Gasteiger charge is -2.09. The summed E-state index contributed by atoms with van der Waals surface area (Å²) in [4.78, 5) is 22.6. The van der Waals surface area contributed by atoms with Gasteiger partial charge in [-0.1, -0.05) is 30.3 Å². The number of nitrogens with two attached hydrogens (primary N) is 1. The van der Waals surface area contributed by atoms with Gasteiger partial charge in [-0.25, -0.2) is 4.98 Å². The zero-order valence-electron chi connectivity index (χ0n) is 9.80. The first-order chi connectivity index (χ1) is 9.15. The van der Waals surface area contributed by atoms with Crippen LogP contribution in [-0.4, -0.2) is 19.5 Å². The molecule has 6 nitrogen and oxygen atoms in total. The molecule has 0 unspecified atom stereocenters. The largest absolute Gasteiger partial charge is 0.369 e. The molecule has 0 aliphatic rings. The summed E-state index contributed by atoms with van der Waals surface area (Å²) < 4.78 is 2.18. The summed E-state index contributed by atoms with van der Waals surface area (Å²) in [7, 11) is 0. The van der Waals surface area contributed by atoms with E-state index in [9.17, 15) is 4.79 Å². The normalized spacial score (nSPS) is 11.0. The lowest BCUT2D eigenvalue weighted by atomic mass is 10.2. The topological polar surface area (TPSA) is 89.6 Å². The van der Waals surface area contributed by atoms with E-state index in [-0.39, 0.29) is 5.95 Å². The van der Waals surface area contributed by atoms with E-state index in [1.54, 1.807) is 4.57 Å². The highest BCUT2D eigenvalue weighted by Gasteiger charge is 2.13. The molecular weight excluding hydrogens is 310 g/mol. The van der Waals surface area contributed by atoms with Crippen molar-refractivity contribution >= 4 is 33.0 Å². The van der Waals surface area contributed by atoms with Crippen molar-refractivity contribution in [2.24, 2.45) is 0 Å². The zero-order chi connectivity index (χ0) is 13.4. The number of aromatic nitrogens is 4. The van der Waals surface area contributed by atoms with E-state index in [0.29, 0.717) is 22.4 Å². The third kappa shape index (κ3) is 2.12. The van der Waals surface area contributed by atoms with Crippen LogP contribution in [0.3, 0.4) is 0 Å². The molecule has 0 saturated carbocycles. The van der Waals surface area contributed by atoms with Gasteiger partial charge in [0.05, 0.1) is 6.54 Å². The van der Waals surface area contributed by atoms with E-state index in [1.165, 1.54) is 0 Å². The van der Waals surface area contributed by atoms with Crippen LogP contribution in [0, 0.1) is 0 Å². The van der Waals surface area contributed by atoms with Crippen molar-refractivity contribution in [3.8, 4) is 0 Å². The molecule has 0 amide bonds. The van der Waals surface area contributed by atoms with Gasteiger partial charge in [-0.3, -0.25) is 9.36 Å². The van der Waals surface area contributed by atoms with Crippen LogP contribution in [-0.2, 0) is 6.54 Å². The predicted octanol–water partition coefficient (Wildman–Crippen LogP) is 1.51. The Hall–Kier alpha value is -2.15. The second kappa shape index (κ2) is 4.51. The monoisotopic (exact) mass is 319 g/mol. The second-order valence-electron chi connectivity index (χ2n) is 4.07. The van der Waals surface area contributed by atoms with Gasteiger partial charge in [0, 0.05) is 0 Å². The molecule has 0 spiro atoms. The molecule has 0 bridgehead atoms. The van der Waals surface area contributed by atoms with Crippen LogP contribution >= 0.6 is 15.9 Å². The molecule has 7 heteroatoms. The number of nitrogens with one attached hydrogen (secondary N) is 1. The molecule has 0 radical (unpaired) electrons. The van der Waals surface area contributed by atoms with Crippen molar-refractivity contribution in [2.45, 2.75) is 6.54 Å². The van der Waals surface area contributed by atoms with Gasteiger partial charge in [-0.2, -0.15) is 4.98 Å². The molecular formula is C12H10BrN5O. The lowest BCUT2D eigenvalue weighted by molar-refractivity contribution is 0.804. The molecule has 0 aliphatic heterocycles. The average molecular weight is 320 g/mol. The Bertz CT molecular complexity index is 793. The molecule has 0 aliphatic carbocycles. The number of hydrogen-bond acceptors (Lipinski definition) is 4. The Morgan fingerprint density at radius 2 is 2.00 bits per heavy atom. The summed E-state index contributed by atoms with van der Waals surface area (Å²) in [5.41, 5.74) is 7.31. The highest BCUT2D eigenvalue weighted by molar-refractivity contribution is 9.10. The zero-order valence-corrected chi connectivity index (χ0v) is 11.4. The fourth-order valence-electron chi connectivity index (χ4n) is 1.93. The quantitative estimate of drug-likeness (QED) is 0.701. The maximum atomic E-state index is 11.7. The van der Waals surface area contributed by atoms with Gasteiger partial charge in [-0.15, -0.1) is 0 Å². The first kappa shape index (κ1) is 11.9. The summed E-state index contributed by atoms with van der Waals surface area (Å²) in [5.74, 6) is 0.153. The van der Waals surface area contributed by atoms with E-state index in [4.69, 9.17) is 5.73 Å². The first-order valence-corrected chi connectivity index (χ1v) is 6.40. The molecule has 2 heterocycles. The minimum absolute atomic E-state index is 0.153. The highest BCUT2D eigenvalue weighted by atomic mass is 79.9. The molecule has 96 valence electrons. The minimum atomic E-state index is -0.407. The smallest absolute Gasteiger partial charge is 0.300 e. The Labute approximate surface area is 116 Å². The van der Waals surface area contributed by atoms with E-state index in [0.717, 1.165) is 5.56 Å². The van der Waals surface area contributed by atoms with Crippen molar-refractivity contribution < 1.29 is 0 Å². The predicted molar refractivity (Wildman–Crippen MR) is 75.8 cm³/mol. The number of H-pyrrole nitrogens is 1. The number of rotatable bonds is 2. The Morgan fingerprint density at radius 1 is 1.26 bits per heavy atom. The molecule has 1 aromatic carbocycles. The molecule has 3 N–H and O–H groups in total. The van der Waals surface area contributed by atoms with Crippen LogP contribution < -0.4 is 11.3 Å². The number of benzene rings is 1.